The lowest BCUT2D eigenvalue weighted by molar-refractivity contribution is 0.379. The van der Waals surface area contributed by atoms with Crippen molar-refractivity contribution in [1.82, 2.24) is 10.1 Å². The maximum atomic E-state index is 6.07. The van der Waals surface area contributed by atoms with Crippen LogP contribution in [-0.2, 0) is 5.54 Å². The van der Waals surface area contributed by atoms with E-state index < -0.39 is 5.54 Å². The van der Waals surface area contributed by atoms with E-state index in [0.717, 1.165) is 15.6 Å². The molecule has 18 heavy (non-hydrogen) atoms. The minimum absolute atomic E-state index is 0.438. The normalized spacial score (nSPS) is 14.5. The lowest BCUT2D eigenvalue weighted by atomic mass is 10.0. The molecule has 96 valence electrons. The number of halogens is 2. The molecule has 1 atom stereocenters. The third-order valence-corrected chi connectivity index (χ3v) is 4.41. The van der Waals surface area contributed by atoms with Crippen LogP contribution in [0.5, 0.6) is 0 Å². The Balaban J connectivity index is 2.38. The van der Waals surface area contributed by atoms with Crippen LogP contribution in [0.25, 0.3) is 11.5 Å². The summed E-state index contributed by atoms with van der Waals surface area (Å²) in [5.74, 6) is 0.947. The van der Waals surface area contributed by atoms with Gasteiger partial charge in [-0.25, -0.2) is 0 Å². The highest BCUT2D eigenvalue weighted by atomic mass is 127. The molecule has 2 N–H and O–H groups in total. The number of benzene rings is 1. The SMILES string of the molecule is CCC(C)(N)c1noc(-c2ccc(I)c(Cl)c2)n1. The number of hydrogen-bond acceptors (Lipinski definition) is 4. The van der Waals surface area contributed by atoms with Crippen LogP contribution in [0.4, 0.5) is 0 Å². The van der Waals surface area contributed by atoms with E-state index in [1.165, 1.54) is 0 Å². The molecule has 0 saturated carbocycles. The fraction of sp³-hybridized carbons (Fsp3) is 0.333. The van der Waals surface area contributed by atoms with Crippen LogP contribution in [0.1, 0.15) is 26.1 Å². The lowest BCUT2D eigenvalue weighted by Gasteiger charge is -2.16. The summed E-state index contributed by atoms with van der Waals surface area (Å²) >= 11 is 8.23. The predicted molar refractivity (Wildman–Crippen MR) is 79.3 cm³/mol. The van der Waals surface area contributed by atoms with Gasteiger partial charge >= 0.3 is 0 Å². The molecule has 0 aliphatic carbocycles. The molecular weight excluding hydrogens is 365 g/mol. The van der Waals surface area contributed by atoms with Gasteiger partial charge in [0.2, 0.25) is 0 Å². The molecule has 0 spiro atoms. The summed E-state index contributed by atoms with van der Waals surface area (Å²) in [4.78, 5) is 4.33. The maximum absolute atomic E-state index is 6.07. The smallest absolute Gasteiger partial charge is 0.258 e. The second kappa shape index (κ2) is 5.14. The van der Waals surface area contributed by atoms with Crippen molar-refractivity contribution in [2.45, 2.75) is 25.8 Å². The summed E-state index contributed by atoms with van der Waals surface area (Å²) in [6.45, 7) is 3.86. The Morgan fingerprint density at radius 2 is 2.22 bits per heavy atom. The van der Waals surface area contributed by atoms with Crippen molar-refractivity contribution in [3.8, 4) is 11.5 Å². The average molecular weight is 378 g/mol. The number of rotatable bonds is 3. The molecule has 1 aromatic heterocycles. The number of nitrogens with zero attached hydrogens (tertiary/aromatic N) is 2. The first-order valence-corrected chi connectivity index (χ1v) is 6.98. The Kier molecular flexibility index (Phi) is 3.93. The van der Waals surface area contributed by atoms with Crippen LogP contribution in [0.3, 0.4) is 0 Å². The van der Waals surface area contributed by atoms with E-state index in [2.05, 4.69) is 32.7 Å². The van der Waals surface area contributed by atoms with Gasteiger partial charge in [0.1, 0.15) is 0 Å². The zero-order valence-electron chi connectivity index (χ0n) is 10.1. The maximum Gasteiger partial charge on any atom is 0.258 e. The lowest BCUT2D eigenvalue weighted by Crippen LogP contribution is -2.33. The Morgan fingerprint density at radius 3 is 2.83 bits per heavy atom. The summed E-state index contributed by atoms with van der Waals surface area (Å²) < 4.78 is 6.21. The van der Waals surface area contributed by atoms with Gasteiger partial charge in [-0.2, -0.15) is 4.98 Å². The Hall–Kier alpha value is -0.660. The molecule has 0 bridgehead atoms. The van der Waals surface area contributed by atoms with E-state index >= 15 is 0 Å². The van der Waals surface area contributed by atoms with Crippen LogP contribution < -0.4 is 5.73 Å². The van der Waals surface area contributed by atoms with Crippen molar-refractivity contribution in [1.29, 1.82) is 0 Å². The van der Waals surface area contributed by atoms with Crippen molar-refractivity contribution in [3.05, 3.63) is 32.6 Å². The Bertz CT molecular complexity index is 568. The number of aromatic nitrogens is 2. The highest BCUT2D eigenvalue weighted by Gasteiger charge is 2.25. The number of hydrogen-bond donors (Lipinski definition) is 1. The highest BCUT2D eigenvalue weighted by molar-refractivity contribution is 14.1. The van der Waals surface area contributed by atoms with Crippen molar-refractivity contribution in [3.63, 3.8) is 0 Å². The fourth-order valence-corrected chi connectivity index (χ4v) is 1.88. The molecule has 1 heterocycles. The zero-order chi connectivity index (χ0) is 13.3. The molecule has 0 aliphatic heterocycles. The van der Waals surface area contributed by atoms with Gasteiger partial charge < -0.3 is 10.3 Å². The predicted octanol–water partition coefficient (Wildman–Crippen LogP) is 3.58. The van der Waals surface area contributed by atoms with Crippen LogP contribution in [0, 0.1) is 3.57 Å². The van der Waals surface area contributed by atoms with E-state index in [1.807, 2.05) is 26.0 Å². The van der Waals surface area contributed by atoms with Crippen molar-refractivity contribution >= 4 is 34.2 Å². The minimum atomic E-state index is -0.575. The van der Waals surface area contributed by atoms with E-state index in [9.17, 15) is 0 Å². The average Bonchev–Trinajstić information content (AvgIpc) is 2.83. The molecule has 0 radical (unpaired) electrons. The van der Waals surface area contributed by atoms with E-state index in [4.69, 9.17) is 21.9 Å². The van der Waals surface area contributed by atoms with Gasteiger partial charge in [-0.3, -0.25) is 0 Å². The van der Waals surface area contributed by atoms with Gasteiger partial charge in [-0.1, -0.05) is 23.7 Å². The Morgan fingerprint density at radius 1 is 1.50 bits per heavy atom. The summed E-state index contributed by atoms with van der Waals surface area (Å²) in [6, 6.07) is 5.61. The summed E-state index contributed by atoms with van der Waals surface area (Å²) in [7, 11) is 0. The molecule has 2 rings (SSSR count). The summed E-state index contributed by atoms with van der Waals surface area (Å²) in [5.41, 5.74) is 6.29. The zero-order valence-corrected chi connectivity index (χ0v) is 13.0. The molecule has 4 nitrogen and oxygen atoms in total. The largest absolute Gasteiger partial charge is 0.334 e. The highest BCUT2D eigenvalue weighted by Crippen LogP contribution is 2.27. The topological polar surface area (TPSA) is 64.9 Å². The molecular formula is C12H13ClIN3O. The Labute approximate surface area is 124 Å². The third kappa shape index (κ3) is 2.67. The molecule has 1 aromatic carbocycles. The van der Waals surface area contributed by atoms with Crippen LogP contribution in [0.2, 0.25) is 5.02 Å². The third-order valence-electron chi connectivity index (χ3n) is 2.84. The summed E-state index contributed by atoms with van der Waals surface area (Å²) in [6.07, 6.45) is 0.736. The first kappa shape index (κ1) is 13.8. The quantitative estimate of drug-likeness (QED) is 0.830. The first-order chi connectivity index (χ1) is 8.44. The molecule has 1 unspecified atom stereocenters. The van der Waals surface area contributed by atoms with Gasteiger partial charge in [-0.05, 0) is 54.1 Å². The van der Waals surface area contributed by atoms with Gasteiger partial charge in [0.25, 0.3) is 5.89 Å². The minimum Gasteiger partial charge on any atom is -0.334 e. The van der Waals surface area contributed by atoms with E-state index in [1.54, 1.807) is 6.07 Å². The van der Waals surface area contributed by atoms with Gasteiger partial charge in [0, 0.05) is 9.13 Å². The second-order valence-electron chi connectivity index (χ2n) is 4.32. The standard InChI is InChI=1S/C12H13ClIN3O/c1-3-12(2,15)11-16-10(18-17-11)7-4-5-9(14)8(13)6-7/h4-6H,3,15H2,1-2H3. The molecule has 6 heteroatoms. The van der Waals surface area contributed by atoms with Crippen molar-refractivity contribution < 1.29 is 4.52 Å². The van der Waals surface area contributed by atoms with Gasteiger partial charge in [0.15, 0.2) is 5.82 Å². The molecule has 2 aromatic rings. The van der Waals surface area contributed by atoms with Crippen molar-refractivity contribution in [2.75, 3.05) is 0 Å². The molecule has 0 saturated heterocycles. The molecule has 0 aliphatic rings. The monoisotopic (exact) mass is 377 g/mol. The van der Waals surface area contributed by atoms with Gasteiger partial charge in [-0.15, -0.1) is 0 Å². The second-order valence-corrected chi connectivity index (χ2v) is 5.89. The molecule has 0 fully saturated rings. The summed E-state index contributed by atoms with van der Waals surface area (Å²) in [5, 5.41) is 4.60. The van der Waals surface area contributed by atoms with Crippen molar-refractivity contribution in [2.24, 2.45) is 5.73 Å². The van der Waals surface area contributed by atoms with Gasteiger partial charge in [0.05, 0.1) is 10.6 Å². The molecule has 0 amide bonds. The van der Waals surface area contributed by atoms with Crippen LogP contribution >= 0.6 is 34.2 Å². The van der Waals surface area contributed by atoms with E-state index in [0.29, 0.717) is 16.7 Å². The fourth-order valence-electron chi connectivity index (χ4n) is 1.36. The number of nitrogens with two attached hydrogens (primary N) is 1. The van der Waals surface area contributed by atoms with E-state index in [-0.39, 0.29) is 0 Å². The van der Waals surface area contributed by atoms with Crippen LogP contribution in [-0.4, -0.2) is 10.1 Å². The first-order valence-electron chi connectivity index (χ1n) is 5.52. The van der Waals surface area contributed by atoms with Crippen LogP contribution in [0.15, 0.2) is 22.7 Å².